The molecular formula is C22H29N5O3. The molecule has 0 spiro atoms. The molecule has 0 unspecified atom stereocenters. The minimum Gasteiger partial charge on any atom is -0.468 e. The first kappa shape index (κ1) is 20.4. The number of esters is 1. The van der Waals surface area contributed by atoms with E-state index in [-0.39, 0.29) is 18.4 Å². The molecule has 1 aromatic heterocycles. The highest BCUT2D eigenvalue weighted by atomic mass is 16.5. The van der Waals surface area contributed by atoms with Crippen molar-refractivity contribution in [3.05, 3.63) is 47.3 Å². The van der Waals surface area contributed by atoms with E-state index < -0.39 is 0 Å². The van der Waals surface area contributed by atoms with E-state index in [0.717, 1.165) is 43.9 Å². The van der Waals surface area contributed by atoms with Crippen LogP contribution in [0.25, 0.3) is 0 Å². The Bertz CT molecular complexity index is 903. The number of carbonyl (C=O) groups is 2. The molecule has 0 N–H and O–H groups in total. The first-order valence-electron chi connectivity index (χ1n) is 10.6. The Morgan fingerprint density at radius 2 is 1.80 bits per heavy atom. The van der Waals surface area contributed by atoms with E-state index in [1.807, 2.05) is 39.6 Å². The van der Waals surface area contributed by atoms with Crippen LogP contribution in [0.5, 0.6) is 0 Å². The highest BCUT2D eigenvalue weighted by Gasteiger charge is 2.32. The summed E-state index contributed by atoms with van der Waals surface area (Å²) in [5.74, 6) is -0.266. The zero-order valence-corrected chi connectivity index (χ0v) is 17.7. The van der Waals surface area contributed by atoms with Crippen molar-refractivity contribution in [2.45, 2.75) is 26.4 Å². The normalized spacial score (nSPS) is 17.0. The average molecular weight is 412 g/mol. The predicted molar refractivity (Wildman–Crippen MR) is 113 cm³/mol. The van der Waals surface area contributed by atoms with Crippen LogP contribution < -0.4 is 4.90 Å². The van der Waals surface area contributed by atoms with Crippen molar-refractivity contribution in [1.82, 2.24) is 19.6 Å². The van der Waals surface area contributed by atoms with Crippen LogP contribution in [-0.2, 0) is 29.0 Å². The smallest absolute Gasteiger partial charge is 0.319 e. The average Bonchev–Trinajstić information content (AvgIpc) is 3.17. The molecular weight excluding hydrogens is 382 g/mol. The van der Waals surface area contributed by atoms with E-state index in [1.165, 1.54) is 12.8 Å². The lowest BCUT2D eigenvalue weighted by Crippen LogP contribution is -2.49. The largest absolute Gasteiger partial charge is 0.468 e. The standard InChI is InChI=1S/C22H29N5O3/c1-3-27-19-9-10-24(16-20(28)30-2)15-18(19)21(23-27)22(29)26-13-11-25(12-14-26)17-7-5-4-6-8-17/h4-8H,3,9-16H2,1-2H3. The van der Waals surface area contributed by atoms with Gasteiger partial charge in [-0.15, -0.1) is 0 Å². The summed E-state index contributed by atoms with van der Waals surface area (Å²) in [6.07, 6.45) is 0.780. The fourth-order valence-electron chi connectivity index (χ4n) is 4.32. The summed E-state index contributed by atoms with van der Waals surface area (Å²) < 4.78 is 6.75. The molecule has 0 saturated carbocycles. The molecule has 4 rings (SSSR count). The third-order valence-electron chi connectivity index (χ3n) is 5.98. The van der Waals surface area contributed by atoms with Crippen LogP contribution in [-0.4, -0.2) is 77.8 Å². The van der Waals surface area contributed by atoms with E-state index in [0.29, 0.717) is 25.3 Å². The van der Waals surface area contributed by atoms with Crippen LogP contribution in [0.4, 0.5) is 5.69 Å². The molecule has 1 saturated heterocycles. The van der Waals surface area contributed by atoms with Gasteiger partial charge in [-0.05, 0) is 19.1 Å². The topological polar surface area (TPSA) is 70.9 Å². The number of nitrogens with zero attached hydrogens (tertiary/aromatic N) is 5. The van der Waals surface area contributed by atoms with Gasteiger partial charge in [0.25, 0.3) is 5.91 Å². The van der Waals surface area contributed by atoms with E-state index in [4.69, 9.17) is 4.74 Å². The molecule has 0 atom stereocenters. The lowest BCUT2D eigenvalue weighted by atomic mass is 10.0. The van der Waals surface area contributed by atoms with Crippen LogP contribution in [0.2, 0.25) is 0 Å². The van der Waals surface area contributed by atoms with Crippen molar-refractivity contribution in [2.75, 3.05) is 51.3 Å². The molecule has 1 amide bonds. The van der Waals surface area contributed by atoms with Crippen molar-refractivity contribution < 1.29 is 14.3 Å². The lowest BCUT2D eigenvalue weighted by molar-refractivity contribution is -0.142. The highest BCUT2D eigenvalue weighted by Crippen LogP contribution is 2.25. The summed E-state index contributed by atoms with van der Waals surface area (Å²) in [6.45, 7) is 7.28. The van der Waals surface area contributed by atoms with Crippen LogP contribution in [0, 0.1) is 0 Å². The molecule has 1 aromatic carbocycles. The molecule has 3 heterocycles. The van der Waals surface area contributed by atoms with Crippen molar-refractivity contribution in [3.63, 3.8) is 0 Å². The van der Waals surface area contributed by atoms with Crippen LogP contribution in [0.1, 0.15) is 28.7 Å². The van der Waals surface area contributed by atoms with Gasteiger partial charge in [0.15, 0.2) is 5.69 Å². The number of amides is 1. The summed E-state index contributed by atoms with van der Waals surface area (Å²) >= 11 is 0. The summed E-state index contributed by atoms with van der Waals surface area (Å²) in [4.78, 5) is 31.3. The number of piperazine rings is 1. The van der Waals surface area contributed by atoms with Gasteiger partial charge in [0.2, 0.25) is 0 Å². The van der Waals surface area contributed by atoms with Gasteiger partial charge in [-0.1, -0.05) is 18.2 Å². The van der Waals surface area contributed by atoms with Gasteiger partial charge >= 0.3 is 5.97 Å². The Hall–Kier alpha value is -2.87. The van der Waals surface area contributed by atoms with Gasteiger partial charge in [0.05, 0.1) is 13.7 Å². The molecule has 30 heavy (non-hydrogen) atoms. The number of methoxy groups -OCH3 is 1. The number of rotatable bonds is 5. The third-order valence-corrected chi connectivity index (χ3v) is 5.98. The third kappa shape index (κ3) is 4.05. The lowest BCUT2D eigenvalue weighted by Gasteiger charge is -2.36. The number of anilines is 1. The van der Waals surface area contributed by atoms with Crippen molar-refractivity contribution in [2.24, 2.45) is 0 Å². The van der Waals surface area contributed by atoms with Gasteiger partial charge < -0.3 is 14.5 Å². The number of carbonyl (C=O) groups excluding carboxylic acids is 2. The van der Waals surface area contributed by atoms with Crippen molar-refractivity contribution in [1.29, 1.82) is 0 Å². The maximum atomic E-state index is 13.4. The van der Waals surface area contributed by atoms with Gasteiger partial charge in [0, 0.05) is 69.2 Å². The van der Waals surface area contributed by atoms with Crippen LogP contribution in [0.3, 0.4) is 0 Å². The van der Waals surface area contributed by atoms with E-state index in [1.54, 1.807) is 0 Å². The number of aromatic nitrogens is 2. The molecule has 8 nitrogen and oxygen atoms in total. The summed E-state index contributed by atoms with van der Waals surface area (Å²) in [5, 5.41) is 4.67. The Morgan fingerprint density at radius 1 is 1.07 bits per heavy atom. The van der Waals surface area contributed by atoms with Gasteiger partial charge in [-0.3, -0.25) is 19.2 Å². The second kappa shape index (κ2) is 8.87. The molecule has 0 radical (unpaired) electrons. The number of hydrogen-bond acceptors (Lipinski definition) is 6. The zero-order valence-electron chi connectivity index (χ0n) is 17.7. The van der Waals surface area contributed by atoms with Crippen LogP contribution in [0.15, 0.2) is 30.3 Å². The zero-order chi connectivity index (χ0) is 21.1. The fraction of sp³-hybridized carbons (Fsp3) is 0.500. The molecule has 2 aromatic rings. The molecule has 0 bridgehead atoms. The van der Waals surface area contributed by atoms with Crippen molar-refractivity contribution >= 4 is 17.6 Å². The maximum absolute atomic E-state index is 13.4. The molecule has 1 fully saturated rings. The number of para-hydroxylation sites is 1. The summed E-state index contributed by atoms with van der Waals surface area (Å²) in [5.41, 5.74) is 3.80. The van der Waals surface area contributed by atoms with Crippen LogP contribution >= 0.6 is 0 Å². The summed E-state index contributed by atoms with van der Waals surface area (Å²) in [6, 6.07) is 10.3. The monoisotopic (exact) mass is 411 g/mol. The number of benzene rings is 1. The van der Waals surface area contributed by atoms with E-state index in [2.05, 4.69) is 22.1 Å². The number of fused-ring (bicyclic) bond motifs is 1. The van der Waals surface area contributed by atoms with E-state index in [9.17, 15) is 9.59 Å². The molecule has 2 aliphatic heterocycles. The number of aryl methyl sites for hydroxylation is 1. The number of hydrogen-bond donors (Lipinski definition) is 0. The maximum Gasteiger partial charge on any atom is 0.319 e. The second-order valence-electron chi connectivity index (χ2n) is 7.74. The van der Waals surface area contributed by atoms with Gasteiger partial charge in [-0.25, -0.2) is 0 Å². The predicted octanol–water partition coefficient (Wildman–Crippen LogP) is 1.40. The molecule has 2 aliphatic rings. The fourth-order valence-corrected chi connectivity index (χ4v) is 4.32. The first-order valence-corrected chi connectivity index (χ1v) is 10.6. The minimum absolute atomic E-state index is 0.00826. The van der Waals surface area contributed by atoms with Gasteiger partial charge in [-0.2, -0.15) is 5.10 Å². The first-order chi connectivity index (χ1) is 14.6. The minimum atomic E-state index is -0.258. The van der Waals surface area contributed by atoms with E-state index >= 15 is 0 Å². The Labute approximate surface area is 177 Å². The van der Waals surface area contributed by atoms with Gasteiger partial charge in [0.1, 0.15) is 0 Å². The Morgan fingerprint density at radius 3 is 2.47 bits per heavy atom. The Balaban J connectivity index is 1.48. The van der Waals surface area contributed by atoms with Crippen molar-refractivity contribution in [3.8, 4) is 0 Å². The molecule has 160 valence electrons. The quantitative estimate of drug-likeness (QED) is 0.693. The number of ether oxygens (including phenoxy) is 1. The SMILES string of the molecule is CCn1nc(C(=O)N2CCN(c3ccccc3)CC2)c2c1CCN(CC(=O)OC)C2. The highest BCUT2D eigenvalue weighted by molar-refractivity contribution is 5.94. The summed E-state index contributed by atoms with van der Waals surface area (Å²) in [7, 11) is 1.40. The second-order valence-corrected chi connectivity index (χ2v) is 7.74. The molecule has 8 heteroatoms. The Kier molecular flexibility index (Phi) is 6.03. The molecule has 0 aliphatic carbocycles.